The molecule has 0 aliphatic rings. The standard InChI is InChI=1S/C16H17F2NO2/c17-15(18)11-19(8-9-20)16(21)10-13-6-3-5-12-4-1-2-7-14(12)13/h1-7,15,20H,8-11H2. The zero-order valence-corrected chi connectivity index (χ0v) is 11.5. The number of halogens is 2. The van der Waals surface area contributed by atoms with E-state index >= 15 is 0 Å². The maximum Gasteiger partial charge on any atom is 0.255 e. The van der Waals surface area contributed by atoms with Gasteiger partial charge >= 0.3 is 0 Å². The molecule has 0 spiro atoms. The third kappa shape index (κ3) is 3.98. The van der Waals surface area contributed by atoms with Crippen LogP contribution in [0.1, 0.15) is 5.56 Å². The minimum absolute atomic E-state index is 0.0497. The van der Waals surface area contributed by atoms with E-state index in [9.17, 15) is 13.6 Å². The first-order valence-electron chi connectivity index (χ1n) is 6.75. The Morgan fingerprint density at radius 1 is 1.14 bits per heavy atom. The molecule has 21 heavy (non-hydrogen) atoms. The molecule has 0 aliphatic carbocycles. The molecule has 2 rings (SSSR count). The molecule has 1 N–H and O–H groups in total. The van der Waals surface area contributed by atoms with E-state index in [1.165, 1.54) is 0 Å². The van der Waals surface area contributed by atoms with E-state index in [-0.39, 0.29) is 19.6 Å². The number of carbonyl (C=O) groups excluding carboxylic acids is 1. The van der Waals surface area contributed by atoms with Crippen molar-refractivity contribution in [3.8, 4) is 0 Å². The van der Waals surface area contributed by atoms with Gasteiger partial charge in [0.25, 0.3) is 6.43 Å². The summed E-state index contributed by atoms with van der Waals surface area (Å²) in [5.74, 6) is -0.402. The highest BCUT2D eigenvalue weighted by atomic mass is 19.3. The van der Waals surface area contributed by atoms with Gasteiger partial charge in [-0.3, -0.25) is 4.79 Å². The Kier molecular flexibility index (Phi) is 5.22. The second kappa shape index (κ2) is 7.13. The van der Waals surface area contributed by atoms with Crippen LogP contribution in [0.5, 0.6) is 0 Å². The summed E-state index contributed by atoms with van der Waals surface area (Å²) in [4.78, 5) is 13.2. The van der Waals surface area contributed by atoms with Crippen molar-refractivity contribution in [1.82, 2.24) is 4.90 Å². The van der Waals surface area contributed by atoms with Crippen molar-refractivity contribution in [3.05, 3.63) is 48.0 Å². The van der Waals surface area contributed by atoms with Crippen molar-refractivity contribution in [2.75, 3.05) is 19.7 Å². The molecule has 2 aromatic carbocycles. The van der Waals surface area contributed by atoms with Gasteiger partial charge in [0.05, 0.1) is 19.6 Å². The number of alkyl halides is 2. The van der Waals surface area contributed by atoms with Crippen LogP contribution in [0.2, 0.25) is 0 Å². The van der Waals surface area contributed by atoms with Gasteiger partial charge in [-0.15, -0.1) is 0 Å². The highest BCUT2D eigenvalue weighted by Gasteiger charge is 2.18. The minimum Gasteiger partial charge on any atom is -0.395 e. The number of aliphatic hydroxyl groups is 1. The highest BCUT2D eigenvalue weighted by Crippen LogP contribution is 2.19. The Balaban J connectivity index is 2.20. The Morgan fingerprint density at radius 3 is 2.57 bits per heavy atom. The Morgan fingerprint density at radius 2 is 1.86 bits per heavy atom. The average Bonchev–Trinajstić information content (AvgIpc) is 2.47. The normalized spacial score (nSPS) is 11.0. The van der Waals surface area contributed by atoms with Gasteiger partial charge in [-0.05, 0) is 16.3 Å². The summed E-state index contributed by atoms with van der Waals surface area (Å²) in [5, 5.41) is 10.8. The molecule has 0 saturated heterocycles. The molecule has 0 atom stereocenters. The molecule has 0 aromatic heterocycles. The second-order valence-electron chi connectivity index (χ2n) is 4.77. The topological polar surface area (TPSA) is 40.5 Å². The number of rotatable bonds is 6. The predicted octanol–water partition coefficient (Wildman–Crippen LogP) is 2.47. The van der Waals surface area contributed by atoms with Crippen LogP contribution in [0, 0.1) is 0 Å². The van der Waals surface area contributed by atoms with Gasteiger partial charge in [0.1, 0.15) is 0 Å². The van der Waals surface area contributed by atoms with Crippen LogP contribution >= 0.6 is 0 Å². The van der Waals surface area contributed by atoms with Gasteiger partial charge in [0, 0.05) is 6.54 Å². The zero-order chi connectivity index (χ0) is 15.2. The second-order valence-corrected chi connectivity index (χ2v) is 4.77. The van der Waals surface area contributed by atoms with Crippen molar-refractivity contribution < 1.29 is 18.7 Å². The highest BCUT2D eigenvalue weighted by molar-refractivity contribution is 5.90. The molecule has 0 bridgehead atoms. The van der Waals surface area contributed by atoms with Gasteiger partial charge in [-0.1, -0.05) is 42.5 Å². The quantitative estimate of drug-likeness (QED) is 0.889. The molecule has 0 aliphatic heterocycles. The van der Waals surface area contributed by atoms with Crippen LogP contribution in [-0.4, -0.2) is 42.0 Å². The lowest BCUT2D eigenvalue weighted by Gasteiger charge is -2.21. The van der Waals surface area contributed by atoms with Gasteiger partial charge < -0.3 is 10.0 Å². The molecule has 2 aromatic rings. The van der Waals surface area contributed by atoms with E-state index in [1.807, 2.05) is 42.5 Å². The third-order valence-electron chi connectivity index (χ3n) is 3.30. The molecule has 1 amide bonds. The summed E-state index contributed by atoms with van der Waals surface area (Å²) < 4.78 is 25.0. The van der Waals surface area contributed by atoms with E-state index < -0.39 is 18.9 Å². The number of aliphatic hydroxyl groups excluding tert-OH is 1. The molecule has 0 fully saturated rings. The van der Waals surface area contributed by atoms with Crippen molar-refractivity contribution >= 4 is 16.7 Å². The minimum atomic E-state index is -2.60. The van der Waals surface area contributed by atoms with Crippen LogP contribution in [0.15, 0.2) is 42.5 Å². The molecule has 3 nitrogen and oxygen atoms in total. The first-order valence-corrected chi connectivity index (χ1v) is 6.75. The number of nitrogens with zero attached hydrogens (tertiary/aromatic N) is 1. The Labute approximate surface area is 121 Å². The van der Waals surface area contributed by atoms with E-state index in [0.717, 1.165) is 21.2 Å². The third-order valence-corrected chi connectivity index (χ3v) is 3.30. The maximum atomic E-state index is 12.5. The number of benzene rings is 2. The van der Waals surface area contributed by atoms with Crippen LogP contribution in [-0.2, 0) is 11.2 Å². The predicted molar refractivity (Wildman–Crippen MR) is 77.3 cm³/mol. The molecule has 112 valence electrons. The van der Waals surface area contributed by atoms with Crippen LogP contribution in [0.4, 0.5) is 8.78 Å². The van der Waals surface area contributed by atoms with E-state index in [0.29, 0.717) is 0 Å². The number of amides is 1. The van der Waals surface area contributed by atoms with E-state index in [2.05, 4.69) is 0 Å². The van der Waals surface area contributed by atoms with Crippen molar-refractivity contribution in [3.63, 3.8) is 0 Å². The van der Waals surface area contributed by atoms with Gasteiger partial charge in [-0.25, -0.2) is 8.78 Å². The molecular weight excluding hydrogens is 276 g/mol. The lowest BCUT2D eigenvalue weighted by molar-refractivity contribution is -0.132. The average molecular weight is 293 g/mol. The molecule has 5 heteroatoms. The Bertz CT molecular complexity index is 611. The summed E-state index contributed by atoms with van der Waals surface area (Å²) in [5.41, 5.74) is 0.801. The van der Waals surface area contributed by atoms with E-state index in [1.54, 1.807) is 0 Å². The summed E-state index contributed by atoms with van der Waals surface area (Å²) in [6.45, 7) is -1.05. The molecule has 0 radical (unpaired) electrons. The summed E-state index contributed by atoms with van der Waals surface area (Å²) >= 11 is 0. The summed E-state index contributed by atoms with van der Waals surface area (Å²) in [6.07, 6.45) is -2.55. The largest absolute Gasteiger partial charge is 0.395 e. The number of hydrogen-bond acceptors (Lipinski definition) is 2. The van der Waals surface area contributed by atoms with Crippen LogP contribution < -0.4 is 0 Å². The fourth-order valence-corrected chi connectivity index (χ4v) is 2.33. The molecule has 0 unspecified atom stereocenters. The van der Waals surface area contributed by atoms with Crippen LogP contribution in [0.25, 0.3) is 10.8 Å². The number of fused-ring (bicyclic) bond motifs is 1. The van der Waals surface area contributed by atoms with Crippen molar-refractivity contribution in [2.45, 2.75) is 12.8 Å². The molecule has 0 saturated carbocycles. The number of carbonyl (C=O) groups is 1. The fourth-order valence-electron chi connectivity index (χ4n) is 2.33. The molecule has 0 heterocycles. The van der Waals surface area contributed by atoms with Crippen molar-refractivity contribution in [2.24, 2.45) is 0 Å². The van der Waals surface area contributed by atoms with Gasteiger partial charge in [0.15, 0.2) is 0 Å². The summed E-state index contributed by atoms with van der Waals surface area (Å²) in [7, 11) is 0. The monoisotopic (exact) mass is 293 g/mol. The maximum absolute atomic E-state index is 12.5. The lowest BCUT2D eigenvalue weighted by Crippen LogP contribution is -2.38. The molecular formula is C16H17F2NO2. The van der Waals surface area contributed by atoms with Gasteiger partial charge in [0.2, 0.25) is 5.91 Å². The SMILES string of the molecule is O=C(Cc1cccc2ccccc12)N(CCO)CC(F)F. The van der Waals surface area contributed by atoms with Crippen molar-refractivity contribution in [1.29, 1.82) is 0 Å². The number of hydrogen-bond donors (Lipinski definition) is 1. The summed E-state index contributed by atoms with van der Waals surface area (Å²) in [6, 6.07) is 13.2. The lowest BCUT2D eigenvalue weighted by atomic mass is 10.0. The smallest absolute Gasteiger partial charge is 0.255 e. The van der Waals surface area contributed by atoms with Gasteiger partial charge in [-0.2, -0.15) is 0 Å². The zero-order valence-electron chi connectivity index (χ0n) is 11.5. The Hall–Kier alpha value is -2.01. The first-order chi connectivity index (χ1) is 10.1. The van der Waals surface area contributed by atoms with Crippen LogP contribution in [0.3, 0.4) is 0 Å². The fraction of sp³-hybridized carbons (Fsp3) is 0.312. The van der Waals surface area contributed by atoms with E-state index in [4.69, 9.17) is 5.11 Å². The first kappa shape index (κ1) is 15.4.